The highest BCUT2D eigenvalue weighted by Gasteiger charge is 2.11. The predicted octanol–water partition coefficient (Wildman–Crippen LogP) is 9.62. The molecule has 0 aliphatic rings. The lowest BCUT2D eigenvalue weighted by Crippen LogP contribution is -1.90. The van der Waals surface area contributed by atoms with Crippen LogP contribution in [0.25, 0.3) is 25.7 Å². The first-order valence-corrected chi connectivity index (χ1v) is 12.2. The number of nitrogens with one attached hydrogen (secondary N) is 1. The van der Waals surface area contributed by atoms with Crippen LogP contribution in [-0.4, -0.2) is 0 Å². The Kier molecular flexibility index (Phi) is 7.41. The van der Waals surface area contributed by atoms with Gasteiger partial charge in [-0.25, -0.2) is 0 Å². The number of anilines is 1. The van der Waals surface area contributed by atoms with Crippen LogP contribution in [-0.2, 0) is 0 Å². The third-order valence-corrected chi connectivity index (χ3v) is 6.84. The fourth-order valence-corrected chi connectivity index (χ4v) is 4.98. The van der Waals surface area contributed by atoms with Crippen LogP contribution in [0, 0.1) is 6.92 Å². The molecule has 1 heterocycles. The van der Waals surface area contributed by atoms with Gasteiger partial charge < -0.3 is 5.32 Å². The van der Waals surface area contributed by atoms with Crippen molar-refractivity contribution in [1.82, 2.24) is 0 Å². The third kappa shape index (κ3) is 5.36. The number of thiophene rings is 1. The summed E-state index contributed by atoms with van der Waals surface area (Å²) in [5, 5.41) is 5.97. The van der Waals surface area contributed by atoms with Gasteiger partial charge in [0.05, 0.1) is 0 Å². The highest BCUT2D eigenvalue weighted by Crippen LogP contribution is 2.38. The topological polar surface area (TPSA) is 12.0 Å². The molecule has 4 rings (SSSR count). The highest BCUT2D eigenvalue weighted by atomic mass is 32.1. The van der Waals surface area contributed by atoms with Crippen molar-refractivity contribution in [3.63, 3.8) is 0 Å². The number of hydrogen-bond donors (Lipinski definition) is 1. The van der Waals surface area contributed by atoms with E-state index in [0.29, 0.717) is 0 Å². The van der Waals surface area contributed by atoms with Gasteiger partial charge in [0.15, 0.2) is 0 Å². The van der Waals surface area contributed by atoms with E-state index in [1.54, 1.807) is 0 Å². The average Bonchev–Trinajstić information content (AvgIpc) is 3.23. The molecule has 1 nitrogen and oxygen atoms in total. The van der Waals surface area contributed by atoms with Gasteiger partial charge in [-0.2, -0.15) is 0 Å². The van der Waals surface area contributed by atoms with Gasteiger partial charge in [0.25, 0.3) is 0 Å². The van der Waals surface area contributed by atoms with E-state index in [4.69, 9.17) is 0 Å². The van der Waals surface area contributed by atoms with Crippen LogP contribution in [0.3, 0.4) is 0 Å². The zero-order valence-corrected chi connectivity index (χ0v) is 20.5. The summed E-state index contributed by atoms with van der Waals surface area (Å²) in [6.45, 7) is 12.6. The monoisotopic (exact) mass is 459 g/mol. The summed E-state index contributed by atoms with van der Waals surface area (Å²) in [7, 11) is 0. The van der Waals surface area contributed by atoms with Crippen LogP contribution >= 0.6 is 11.3 Å². The van der Waals surface area contributed by atoms with Crippen LogP contribution in [0.4, 0.5) is 5.69 Å². The van der Waals surface area contributed by atoms with E-state index < -0.39 is 0 Å². The molecule has 168 valence electrons. The lowest BCUT2D eigenvalue weighted by Gasteiger charge is -2.08. The quantitative estimate of drug-likeness (QED) is 0.259. The Hall–Kier alpha value is -3.88. The maximum Gasteiger partial charge on any atom is 0.0433 e. The molecule has 0 aliphatic carbocycles. The fraction of sp³-hybridized carbons (Fsp3) is 0.0625. The second kappa shape index (κ2) is 10.8. The van der Waals surface area contributed by atoms with E-state index in [1.165, 1.54) is 31.3 Å². The van der Waals surface area contributed by atoms with E-state index in [2.05, 4.69) is 104 Å². The molecule has 0 radical (unpaired) electrons. The standard InChI is InChI=1S/C32H29NS/c1-5-6-7-11-24(3)25(4)22-26(20-21-33-27-18-16-23(2)17-19-27)28-13-10-14-30-29-12-8-9-15-31(29)34-32(28)30/h5-22,33H,3-4H2,1-2H3/b6-5-,11-7-,21-20-,26-22+. The molecule has 1 N–H and O–H groups in total. The number of hydrogen-bond acceptors (Lipinski definition) is 2. The van der Waals surface area contributed by atoms with Gasteiger partial charge in [0.1, 0.15) is 0 Å². The molecule has 0 amide bonds. The van der Waals surface area contributed by atoms with Gasteiger partial charge in [-0.1, -0.05) is 91.6 Å². The van der Waals surface area contributed by atoms with E-state index in [1.807, 2.05) is 48.8 Å². The van der Waals surface area contributed by atoms with Gasteiger partial charge >= 0.3 is 0 Å². The van der Waals surface area contributed by atoms with Crippen molar-refractivity contribution in [3.8, 4) is 0 Å². The molecule has 2 heteroatoms. The van der Waals surface area contributed by atoms with Crippen LogP contribution in [0.15, 0.2) is 134 Å². The minimum Gasteiger partial charge on any atom is -0.362 e. The molecule has 0 unspecified atom stereocenters. The van der Waals surface area contributed by atoms with Gasteiger partial charge in [-0.05, 0) is 66.5 Å². The first kappa shape index (κ1) is 23.3. The van der Waals surface area contributed by atoms with Crippen LogP contribution in [0.2, 0.25) is 0 Å². The van der Waals surface area contributed by atoms with Crippen molar-refractivity contribution in [1.29, 1.82) is 0 Å². The van der Waals surface area contributed by atoms with Gasteiger partial charge in [0, 0.05) is 32.1 Å². The second-order valence-corrected chi connectivity index (χ2v) is 9.21. The van der Waals surface area contributed by atoms with E-state index in [-0.39, 0.29) is 0 Å². The van der Waals surface area contributed by atoms with Crippen molar-refractivity contribution in [3.05, 3.63) is 145 Å². The van der Waals surface area contributed by atoms with Crippen molar-refractivity contribution in [2.24, 2.45) is 0 Å². The van der Waals surface area contributed by atoms with Crippen LogP contribution in [0.5, 0.6) is 0 Å². The first-order chi connectivity index (χ1) is 16.6. The zero-order chi connectivity index (χ0) is 23.9. The maximum atomic E-state index is 4.30. The molecule has 1 aromatic heterocycles. The molecule has 0 aliphatic heterocycles. The molecule has 34 heavy (non-hydrogen) atoms. The lowest BCUT2D eigenvalue weighted by atomic mass is 9.98. The van der Waals surface area contributed by atoms with Gasteiger partial charge in [0.2, 0.25) is 0 Å². The smallest absolute Gasteiger partial charge is 0.0433 e. The second-order valence-electron chi connectivity index (χ2n) is 8.16. The molecule has 0 saturated heterocycles. The Balaban J connectivity index is 1.75. The first-order valence-electron chi connectivity index (χ1n) is 11.4. The van der Waals surface area contributed by atoms with Crippen LogP contribution < -0.4 is 5.32 Å². The summed E-state index contributed by atoms with van der Waals surface area (Å²) >= 11 is 1.83. The predicted molar refractivity (Wildman–Crippen MR) is 153 cm³/mol. The molecule has 0 spiro atoms. The summed E-state index contributed by atoms with van der Waals surface area (Å²) in [6.07, 6.45) is 14.2. The molecule has 0 bridgehead atoms. The lowest BCUT2D eigenvalue weighted by molar-refractivity contribution is 1.46. The number of rotatable bonds is 8. The summed E-state index contributed by atoms with van der Waals surface area (Å²) in [6, 6.07) is 23.5. The Morgan fingerprint density at radius 2 is 1.59 bits per heavy atom. The number of aryl methyl sites for hydroxylation is 1. The van der Waals surface area contributed by atoms with E-state index in [9.17, 15) is 0 Å². The molecule has 3 aromatic carbocycles. The number of allylic oxidation sites excluding steroid dienone is 9. The molecule has 0 saturated carbocycles. The molecular formula is C32H29NS. The van der Waals surface area contributed by atoms with Crippen molar-refractivity contribution < 1.29 is 0 Å². The Morgan fingerprint density at radius 1 is 0.824 bits per heavy atom. The zero-order valence-electron chi connectivity index (χ0n) is 19.7. The molecule has 0 fully saturated rings. The normalized spacial score (nSPS) is 12.5. The molecule has 0 atom stereocenters. The van der Waals surface area contributed by atoms with E-state index >= 15 is 0 Å². The SMILES string of the molecule is C=C(/C=C\C=C/C)C(=C)/C=C(\C=C/Nc1ccc(C)cc1)c1cccc2c1sc1ccccc12. The van der Waals surface area contributed by atoms with E-state index in [0.717, 1.165) is 22.4 Å². The van der Waals surface area contributed by atoms with Crippen molar-refractivity contribution >= 4 is 42.8 Å². The molecular weight excluding hydrogens is 430 g/mol. The summed E-state index contributed by atoms with van der Waals surface area (Å²) in [5.41, 5.74) is 6.34. The minimum atomic E-state index is 0.883. The average molecular weight is 460 g/mol. The maximum absolute atomic E-state index is 4.30. The van der Waals surface area contributed by atoms with Gasteiger partial charge in [-0.15, -0.1) is 11.3 Å². The number of fused-ring (bicyclic) bond motifs is 3. The number of benzene rings is 3. The Labute approximate surface area is 206 Å². The molecule has 4 aromatic rings. The van der Waals surface area contributed by atoms with Crippen molar-refractivity contribution in [2.75, 3.05) is 5.32 Å². The highest BCUT2D eigenvalue weighted by molar-refractivity contribution is 7.26. The van der Waals surface area contributed by atoms with Crippen LogP contribution in [0.1, 0.15) is 18.1 Å². The fourth-order valence-electron chi connectivity index (χ4n) is 3.74. The summed E-state index contributed by atoms with van der Waals surface area (Å²) in [4.78, 5) is 0. The van der Waals surface area contributed by atoms with Crippen molar-refractivity contribution in [2.45, 2.75) is 13.8 Å². The van der Waals surface area contributed by atoms with Gasteiger partial charge in [-0.3, -0.25) is 0 Å². The third-order valence-electron chi connectivity index (χ3n) is 5.62. The summed E-state index contributed by atoms with van der Waals surface area (Å²) < 4.78 is 2.57. The Morgan fingerprint density at radius 3 is 2.38 bits per heavy atom. The summed E-state index contributed by atoms with van der Waals surface area (Å²) in [5.74, 6) is 0. The minimum absolute atomic E-state index is 0.883. The Bertz CT molecular complexity index is 1460. The largest absolute Gasteiger partial charge is 0.362 e.